The largest absolute Gasteiger partial charge is 0.333 e. The maximum Gasteiger partial charge on any atom is 0.276 e. The highest BCUT2D eigenvalue weighted by Crippen LogP contribution is 2.26. The van der Waals surface area contributed by atoms with Gasteiger partial charge in [0.15, 0.2) is 5.69 Å². The molecule has 0 radical (unpaired) electrons. The maximum absolute atomic E-state index is 14.0. The summed E-state index contributed by atoms with van der Waals surface area (Å²) in [7, 11) is 1.56. The molecule has 6 nitrogen and oxygen atoms in total. The zero-order chi connectivity index (χ0) is 18.8. The van der Waals surface area contributed by atoms with Crippen LogP contribution in [0.25, 0.3) is 0 Å². The smallest absolute Gasteiger partial charge is 0.276 e. The molecule has 0 saturated carbocycles. The van der Waals surface area contributed by atoms with Crippen molar-refractivity contribution < 1.29 is 13.6 Å². The third-order valence-corrected chi connectivity index (χ3v) is 5.09. The van der Waals surface area contributed by atoms with Crippen LogP contribution in [-0.2, 0) is 0 Å². The summed E-state index contributed by atoms with van der Waals surface area (Å²) < 4.78 is 29.3. The van der Waals surface area contributed by atoms with Crippen molar-refractivity contribution in [2.75, 3.05) is 20.1 Å². The van der Waals surface area contributed by atoms with Gasteiger partial charge in [-0.2, -0.15) is 0 Å². The van der Waals surface area contributed by atoms with Crippen molar-refractivity contribution in [3.8, 4) is 0 Å². The number of nitrogens with zero attached hydrogens (tertiary/aromatic N) is 4. The number of carbonyl (C=O) groups is 1. The Morgan fingerprint density at radius 2 is 2.04 bits per heavy atom. The fourth-order valence-corrected chi connectivity index (χ4v) is 3.32. The molecule has 1 unspecified atom stereocenters. The van der Waals surface area contributed by atoms with Gasteiger partial charge in [0.2, 0.25) is 0 Å². The third kappa shape index (κ3) is 3.46. The summed E-state index contributed by atoms with van der Waals surface area (Å²) in [5, 5.41) is 11.5. The molecule has 1 aliphatic heterocycles. The average Bonchev–Trinajstić information content (AvgIpc) is 3.04. The van der Waals surface area contributed by atoms with Crippen LogP contribution in [0.3, 0.4) is 0 Å². The molecule has 0 bridgehead atoms. The molecule has 1 atom stereocenters. The molecule has 1 aliphatic rings. The monoisotopic (exact) mass is 363 g/mol. The number of halogens is 2. The SMILES string of the molecule is Cc1c(C(=O)N(C)C(C)c2cc(F)ccc2F)nnn1C1CCNCC1. The molecular weight excluding hydrogens is 340 g/mol. The first-order valence-electron chi connectivity index (χ1n) is 8.74. The van der Waals surface area contributed by atoms with Gasteiger partial charge < -0.3 is 10.2 Å². The van der Waals surface area contributed by atoms with E-state index in [-0.39, 0.29) is 23.2 Å². The van der Waals surface area contributed by atoms with E-state index in [1.54, 1.807) is 18.7 Å². The average molecular weight is 363 g/mol. The van der Waals surface area contributed by atoms with E-state index in [4.69, 9.17) is 0 Å². The van der Waals surface area contributed by atoms with Crippen LogP contribution in [-0.4, -0.2) is 45.9 Å². The first-order valence-corrected chi connectivity index (χ1v) is 8.74. The zero-order valence-electron chi connectivity index (χ0n) is 15.2. The highest BCUT2D eigenvalue weighted by Gasteiger charge is 2.28. The number of hydrogen-bond donors (Lipinski definition) is 1. The molecule has 1 amide bonds. The van der Waals surface area contributed by atoms with E-state index in [1.807, 2.05) is 6.92 Å². The quantitative estimate of drug-likeness (QED) is 0.907. The Bertz CT molecular complexity index is 801. The lowest BCUT2D eigenvalue weighted by Crippen LogP contribution is -2.32. The molecule has 2 aromatic rings. The van der Waals surface area contributed by atoms with Crippen LogP contribution in [0.1, 0.15) is 53.6 Å². The lowest BCUT2D eigenvalue weighted by molar-refractivity contribution is 0.0733. The Balaban J connectivity index is 1.82. The molecule has 2 heterocycles. The van der Waals surface area contributed by atoms with E-state index in [0.717, 1.165) is 44.1 Å². The van der Waals surface area contributed by atoms with Crippen LogP contribution >= 0.6 is 0 Å². The predicted molar refractivity (Wildman–Crippen MR) is 92.8 cm³/mol. The molecular formula is C18H23F2N5O. The summed E-state index contributed by atoms with van der Waals surface area (Å²) >= 11 is 0. The highest BCUT2D eigenvalue weighted by atomic mass is 19.1. The van der Waals surface area contributed by atoms with E-state index >= 15 is 0 Å². The van der Waals surface area contributed by atoms with Crippen LogP contribution in [0.4, 0.5) is 8.78 Å². The second kappa shape index (κ2) is 7.49. The molecule has 3 rings (SSSR count). The Kier molecular flexibility index (Phi) is 5.31. The van der Waals surface area contributed by atoms with Crippen LogP contribution in [0.2, 0.25) is 0 Å². The molecule has 0 aliphatic carbocycles. The number of hydrogen-bond acceptors (Lipinski definition) is 4. The third-order valence-electron chi connectivity index (χ3n) is 5.09. The van der Waals surface area contributed by atoms with Gasteiger partial charge in [0.05, 0.1) is 17.8 Å². The van der Waals surface area contributed by atoms with Crippen LogP contribution < -0.4 is 5.32 Å². The Morgan fingerprint density at radius 3 is 2.73 bits per heavy atom. The molecule has 0 spiro atoms. The number of nitrogens with one attached hydrogen (secondary N) is 1. The second-order valence-electron chi connectivity index (χ2n) is 6.71. The first-order chi connectivity index (χ1) is 12.4. The summed E-state index contributed by atoms with van der Waals surface area (Å²) in [5.74, 6) is -1.45. The van der Waals surface area contributed by atoms with Crippen molar-refractivity contribution in [1.82, 2.24) is 25.2 Å². The van der Waals surface area contributed by atoms with Crippen molar-refractivity contribution in [3.63, 3.8) is 0 Å². The van der Waals surface area contributed by atoms with Crippen LogP contribution in [0.5, 0.6) is 0 Å². The first kappa shape index (κ1) is 18.4. The molecule has 8 heteroatoms. The summed E-state index contributed by atoms with van der Waals surface area (Å²) in [4.78, 5) is 14.2. The Labute approximate surface area is 151 Å². The molecule has 26 heavy (non-hydrogen) atoms. The normalized spacial score (nSPS) is 16.5. The summed E-state index contributed by atoms with van der Waals surface area (Å²) in [5.41, 5.74) is 1.07. The van der Waals surface area contributed by atoms with Gasteiger partial charge in [0, 0.05) is 12.6 Å². The Morgan fingerprint density at radius 1 is 1.35 bits per heavy atom. The minimum absolute atomic E-state index is 0.129. The van der Waals surface area contributed by atoms with Crippen LogP contribution in [0, 0.1) is 18.6 Å². The number of carbonyl (C=O) groups excluding carboxylic acids is 1. The van der Waals surface area contributed by atoms with Gasteiger partial charge in [0.1, 0.15) is 11.6 Å². The van der Waals surface area contributed by atoms with E-state index in [2.05, 4.69) is 15.6 Å². The number of benzene rings is 1. The van der Waals surface area contributed by atoms with E-state index in [0.29, 0.717) is 5.69 Å². The summed E-state index contributed by atoms with van der Waals surface area (Å²) in [6.07, 6.45) is 1.86. The van der Waals surface area contributed by atoms with Gasteiger partial charge in [-0.3, -0.25) is 4.79 Å². The summed E-state index contributed by atoms with van der Waals surface area (Å²) in [6, 6.07) is 2.82. The lowest BCUT2D eigenvalue weighted by atomic mass is 10.1. The van der Waals surface area contributed by atoms with Crippen LogP contribution in [0.15, 0.2) is 18.2 Å². The van der Waals surface area contributed by atoms with Gasteiger partial charge >= 0.3 is 0 Å². The minimum Gasteiger partial charge on any atom is -0.333 e. The van der Waals surface area contributed by atoms with Crippen molar-refractivity contribution in [1.29, 1.82) is 0 Å². The van der Waals surface area contributed by atoms with Crippen molar-refractivity contribution in [3.05, 3.63) is 46.8 Å². The number of amides is 1. The fourth-order valence-electron chi connectivity index (χ4n) is 3.32. The lowest BCUT2D eigenvalue weighted by Gasteiger charge is -2.26. The predicted octanol–water partition coefficient (Wildman–Crippen LogP) is 2.62. The van der Waals surface area contributed by atoms with E-state index in [1.165, 1.54) is 4.90 Å². The van der Waals surface area contributed by atoms with Gasteiger partial charge in [-0.25, -0.2) is 13.5 Å². The van der Waals surface area contributed by atoms with Gasteiger partial charge in [-0.05, 0) is 58.0 Å². The number of piperidine rings is 1. The molecule has 1 N–H and O–H groups in total. The molecule has 140 valence electrons. The van der Waals surface area contributed by atoms with Crippen molar-refractivity contribution >= 4 is 5.91 Å². The van der Waals surface area contributed by atoms with Crippen molar-refractivity contribution in [2.45, 2.75) is 38.8 Å². The minimum atomic E-state index is -0.637. The van der Waals surface area contributed by atoms with Gasteiger partial charge in [0.25, 0.3) is 5.91 Å². The molecule has 1 aromatic heterocycles. The highest BCUT2D eigenvalue weighted by molar-refractivity contribution is 5.93. The topological polar surface area (TPSA) is 63.1 Å². The maximum atomic E-state index is 14.0. The molecule has 1 aromatic carbocycles. The van der Waals surface area contributed by atoms with E-state index < -0.39 is 17.7 Å². The second-order valence-corrected chi connectivity index (χ2v) is 6.71. The van der Waals surface area contributed by atoms with Crippen molar-refractivity contribution in [2.24, 2.45) is 0 Å². The standard InChI is InChI=1S/C18H23F2N5O/c1-11(15-10-13(19)4-5-16(15)20)24(3)18(26)17-12(2)25(23-22-17)14-6-8-21-9-7-14/h4-5,10-11,14,21H,6-9H2,1-3H3. The summed E-state index contributed by atoms with van der Waals surface area (Å²) in [6.45, 7) is 5.28. The fraction of sp³-hybridized carbons (Fsp3) is 0.500. The zero-order valence-corrected chi connectivity index (χ0v) is 15.2. The Hall–Kier alpha value is -2.35. The van der Waals surface area contributed by atoms with Gasteiger partial charge in [-0.15, -0.1) is 5.10 Å². The van der Waals surface area contributed by atoms with E-state index in [9.17, 15) is 13.6 Å². The van der Waals surface area contributed by atoms with Gasteiger partial charge in [-0.1, -0.05) is 5.21 Å². The molecule has 1 fully saturated rings. The molecule has 1 saturated heterocycles. The number of rotatable bonds is 4. The number of aromatic nitrogens is 3.